The Kier molecular flexibility index (Phi) is 5.65. The highest BCUT2D eigenvalue weighted by atomic mass is 16.2. The fraction of sp³-hybridized carbons (Fsp3) is 0.292. The summed E-state index contributed by atoms with van der Waals surface area (Å²) in [6, 6.07) is 20.0. The lowest BCUT2D eigenvalue weighted by molar-refractivity contribution is 0.0746. The van der Waals surface area contributed by atoms with E-state index >= 15 is 0 Å². The molecule has 0 saturated carbocycles. The number of carbonyl (C=O) groups excluding carboxylic acids is 1. The van der Waals surface area contributed by atoms with Gasteiger partial charge in [-0.05, 0) is 30.2 Å². The van der Waals surface area contributed by atoms with Gasteiger partial charge in [0.25, 0.3) is 5.91 Å². The maximum absolute atomic E-state index is 13.0. The number of hydrogen-bond donors (Lipinski definition) is 0. The maximum atomic E-state index is 13.0. The van der Waals surface area contributed by atoms with Crippen LogP contribution >= 0.6 is 0 Å². The van der Waals surface area contributed by atoms with Crippen LogP contribution in [0.4, 0.5) is 11.8 Å². The zero-order chi connectivity index (χ0) is 21.1. The second kappa shape index (κ2) is 8.53. The van der Waals surface area contributed by atoms with E-state index in [-0.39, 0.29) is 5.91 Å². The standard InChI is InChI=1S/C24H27N5O/c1-18-17-22(27(2)3)26-24(25-18)29-15-13-28(14-16-29)23(30)21-11-9-20(10-12-21)19-7-5-4-6-8-19/h4-12,17H,13-16H2,1-3H3. The number of anilines is 2. The smallest absolute Gasteiger partial charge is 0.253 e. The first kappa shape index (κ1) is 19.9. The molecule has 0 N–H and O–H groups in total. The minimum absolute atomic E-state index is 0.0772. The topological polar surface area (TPSA) is 52.6 Å². The Bertz CT molecular complexity index is 1010. The van der Waals surface area contributed by atoms with Gasteiger partial charge >= 0.3 is 0 Å². The molecule has 0 aliphatic carbocycles. The molecule has 0 unspecified atom stereocenters. The number of piperazine rings is 1. The van der Waals surface area contributed by atoms with E-state index in [0.29, 0.717) is 13.1 Å². The number of carbonyl (C=O) groups is 1. The van der Waals surface area contributed by atoms with Crippen molar-refractivity contribution in [2.45, 2.75) is 6.92 Å². The number of hydrogen-bond acceptors (Lipinski definition) is 5. The molecule has 2 aromatic carbocycles. The highest BCUT2D eigenvalue weighted by Crippen LogP contribution is 2.21. The molecule has 1 aromatic heterocycles. The van der Waals surface area contributed by atoms with Gasteiger partial charge in [-0.2, -0.15) is 4.98 Å². The number of aromatic nitrogens is 2. The SMILES string of the molecule is Cc1cc(N(C)C)nc(N2CCN(C(=O)c3ccc(-c4ccccc4)cc3)CC2)n1. The summed E-state index contributed by atoms with van der Waals surface area (Å²) in [5, 5.41) is 0. The van der Waals surface area contributed by atoms with Crippen LogP contribution in [0.15, 0.2) is 60.7 Å². The van der Waals surface area contributed by atoms with Gasteiger partial charge in [-0.1, -0.05) is 42.5 Å². The van der Waals surface area contributed by atoms with E-state index < -0.39 is 0 Å². The van der Waals surface area contributed by atoms with Crippen molar-refractivity contribution in [2.24, 2.45) is 0 Å². The molecule has 1 saturated heterocycles. The second-order valence-electron chi connectivity index (χ2n) is 7.78. The van der Waals surface area contributed by atoms with E-state index in [9.17, 15) is 4.79 Å². The molecule has 154 valence electrons. The van der Waals surface area contributed by atoms with Crippen LogP contribution in [0.3, 0.4) is 0 Å². The third kappa shape index (κ3) is 4.27. The van der Waals surface area contributed by atoms with E-state index in [1.165, 1.54) is 0 Å². The average molecular weight is 402 g/mol. The molecule has 1 aliphatic heterocycles. The van der Waals surface area contributed by atoms with Crippen LogP contribution in [0, 0.1) is 6.92 Å². The molecule has 6 heteroatoms. The van der Waals surface area contributed by atoms with Gasteiger partial charge in [-0.15, -0.1) is 0 Å². The van der Waals surface area contributed by atoms with Gasteiger partial charge < -0.3 is 14.7 Å². The van der Waals surface area contributed by atoms with Crippen LogP contribution in [-0.2, 0) is 0 Å². The molecule has 0 radical (unpaired) electrons. The predicted molar refractivity (Wildman–Crippen MR) is 121 cm³/mol. The summed E-state index contributed by atoms with van der Waals surface area (Å²) in [5.41, 5.74) is 3.94. The Balaban J connectivity index is 1.41. The number of nitrogens with zero attached hydrogens (tertiary/aromatic N) is 5. The first-order chi connectivity index (χ1) is 14.5. The molecule has 6 nitrogen and oxygen atoms in total. The first-order valence-corrected chi connectivity index (χ1v) is 10.2. The molecule has 0 atom stereocenters. The van der Waals surface area contributed by atoms with Gasteiger partial charge in [-0.3, -0.25) is 4.79 Å². The van der Waals surface area contributed by atoms with Crippen molar-refractivity contribution in [3.8, 4) is 11.1 Å². The highest BCUT2D eigenvalue weighted by Gasteiger charge is 2.24. The Morgan fingerprint density at radius 2 is 1.50 bits per heavy atom. The average Bonchev–Trinajstić information content (AvgIpc) is 2.79. The third-order valence-electron chi connectivity index (χ3n) is 5.38. The Morgan fingerprint density at radius 1 is 0.867 bits per heavy atom. The predicted octanol–water partition coefficient (Wildman–Crippen LogP) is 3.48. The summed E-state index contributed by atoms with van der Waals surface area (Å²) in [7, 11) is 3.95. The Labute approximate surface area is 177 Å². The van der Waals surface area contributed by atoms with Crippen molar-refractivity contribution in [2.75, 3.05) is 50.1 Å². The minimum Gasteiger partial charge on any atom is -0.363 e. The molecule has 1 aliphatic rings. The number of amides is 1. The normalized spacial score (nSPS) is 14.0. The summed E-state index contributed by atoms with van der Waals surface area (Å²) in [6.45, 7) is 4.76. The zero-order valence-electron chi connectivity index (χ0n) is 17.7. The molecular weight excluding hydrogens is 374 g/mol. The molecule has 30 heavy (non-hydrogen) atoms. The lowest BCUT2D eigenvalue weighted by Crippen LogP contribution is -2.49. The zero-order valence-corrected chi connectivity index (χ0v) is 17.7. The van der Waals surface area contributed by atoms with E-state index in [0.717, 1.165) is 47.2 Å². The summed E-state index contributed by atoms with van der Waals surface area (Å²) >= 11 is 0. The van der Waals surface area contributed by atoms with Gasteiger partial charge in [0.2, 0.25) is 5.95 Å². The summed E-state index contributed by atoms with van der Waals surface area (Å²) in [4.78, 5) is 28.3. The van der Waals surface area contributed by atoms with Crippen molar-refractivity contribution in [1.29, 1.82) is 0 Å². The molecule has 1 fully saturated rings. The lowest BCUT2D eigenvalue weighted by Gasteiger charge is -2.35. The second-order valence-corrected chi connectivity index (χ2v) is 7.78. The van der Waals surface area contributed by atoms with Crippen molar-refractivity contribution in [3.05, 3.63) is 71.9 Å². The summed E-state index contributed by atoms with van der Waals surface area (Å²) in [6.07, 6.45) is 0. The van der Waals surface area contributed by atoms with E-state index in [1.807, 2.05) is 79.3 Å². The molecule has 0 bridgehead atoms. The summed E-state index contributed by atoms with van der Waals surface area (Å²) < 4.78 is 0. The van der Waals surface area contributed by atoms with Crippen LogP contribution in [0.1, 0.15) is 16.1 Å². The highest BCUT2D eigenvalue weighted by molar-refractivity contribution is 5.94. The van der Waals surface area contributed by atoms with Gasteiger partial charge in [-0.25, -0.2) is 4.98 Å². The van der Waals surface area contributed by atoms with Gasteiger partial charge in [0.15, 0.2) is 0 Å². The van der Waals surface area contributed by atoms with Crippen LogP contribution in [0.5, 0.6) is 0 Å². The molecule has 1 amide bonds. The maximum Gasteiger partial charge on any atom is 0.253 e. The van der Waals surface area contributed by atoms with E-state index in [4.69, 9.17) is 0 Å². The quantitative estimate of drug-likeness (QED) is 0.670. The molecule has 0 spiro atoms. The fourth-order valence-corrected chi connectivity index (χ4v) is 3.64. The molecule has 2 heterocycles. The van der Waals surface area contributed by atoms with Crippen LogP contribution < -0.4 is 9.80 Å². The molecular formula is C24H27N5O. The van der Waals surface area contributed by atoms with Crippen molar-refractivity contribution >= 4 is 17.7 Å². The van der Waals surface area contributed by atoms with Crippen LogP contribution in [-0.4, -0.2) is 61.0 Å². The lowest BCUT2D eigenvalue weighted by atomic mass is 10.0. The van der Waals surface area contributed by atoms with Crippen molar-refractivity contribution in [1.82, 2.24) is 14.9 Å². The number of aryl methyl sites for hydroxylation is 1. The minimum atomic E-state index is 0.0772. The Hall–Kier alpha value is -3.41. The molecule has 4 rings (SSSR count). The molecule has 3 aromatic rings. The van der Waals surface area contributed by atoms with E-state index in [2.05, 4.69) is 27.0 Å². The largest absolute Gasteiger partial charge is 0.363 e. The monoisotopic (exact) mass is 401 g/mol. The van der Waals surface area contributed by atoms with Gasteiger partial charge in [0, 0.05) is 57.6 Å². The number of benzene rings is 2. The number of rotatable bonds is 4. The van der Waals surface area contributed by atoms with Gasteiger partial charge in [0.1, 0.15) is 5.82 Å². The Morgan fingerprint density at radius 3 is 2.13 bits per heavy atom. The summed E-state index contributed by atoms with van der Waals surface area (Å²) in [5.74, 6) is 1.71. The van der Waals surface area contributed by atoms with Crippen LogP contribution in [0.25, 0.3) is 11.1 Å². The van der Waals surface area contributed by atoms with Gasteiger partial charge in [0.05, 0.1) is 0 Å². The van der Waals surface area contributed by atoms with Crippen molar-refractivity contribution < 1.29 is 4.79 Å². The van der Waals surface area contributed by atoms with E-state index in [1.54, 1.807) is 0 Å². The third-order valence-corrected chi connectivity index (χ3v) is 5.38. The fourth-order valence-electron chi connectivity index (χ4n) is 3.64. The van der Waals surface area contributed by atoms with Crippen LogP contribution in [0.2, 0.25) is 0 Å². The van der Waals surface area contributed by atoms with Crippen molar-refractivity contribution in [3.63, 3.8) is 0 Å². The first-order valence-electron chi connectivity index (χ1n) is 10.2.